The predicted octanol–water partition coefficient (Wildman–Crippen LogP) is 3.38. The van der Waals surface area contributed by atoms with Crippen LogP contribution in [-0.2, 0) is 6.54 Å². The van der Waals surface area contributed by atoms with Gasteiger partial charge >= 0.3 is 0 Å². The lowest BCUT2D eigenvalue weighted by atomic mass is 10.2. The smallest absolute Gasteiger partial charge is 0.127 e. The van der Waals surface area contributed by atoms with E-state index in [-0.39, 0.29) is 5.82 Å². The van der Waals surface area contributed by atoms with Crippen LogP contribution in [0.1, 0.15) is 31.7 Å². The van der Waals surface area contributed by atoms with Crippen LogP contribution >= 0.6 is 0 Å². The van der Waals surface area contributed by atoms with Crippen LogP contribution in [0.4, 0.5) is 4.39 Å². The Morgan fingerprint density at radius 3 is 2.37 bits per heavy atom. The molecule has 1 aromatic carbocycles. The third-order valence-electron chi connectivity index (χ3n) is 3.29. The van der Waals surface area contributed by atoms with E-state index in [1.54, 1.807) is 12.1 Å². The summed E-state index contributed by atoms with van der Waals surface area (Å²) < 4.78 is 13.7. The van der Waals surface area contributed by atoms with Crippen molar-refractivity contribution in [2.24, 2.45) is 0 Å². The topological polar surface area (TPSA) is 6.48 Å². The van der Waals surface area contributed by atoms with E-state index in [1.807, 2.05) is 12.1 Å². The molecule has 0 unspecified atom stereocenters. The van der Waals surface area contributed by atoms with Crippen LogP contribution in [-0.4, -0.2) is 43.5 Å². The quantitative estimate of drug-likeness (QED) is 0.632. The first kappa shape index (κ1) is 16.1. The minimum Gasteiger partial charge on any atom is -0.308 e. The molecular weight excluding hydrogens is 239 g/mol. The van der Waals surface area contributed by atoms with Crippen LogP contribution in [0.15, 0.2) is 24.3 Å². The summed E-state index contributed by atoms with van der Waals surface area (Å²) in [5, 5.41) is 0. The Morgan fingerprint density at radius 1 is 1.00 bits per heavy atom. The van der Waals surface area contributed by atoms with E-state index in [2.05, 4.69) is 30.8 Å². The van der Waals surface area contributed by atoms with Crippen LogP contribution in [0.2, 0.25) is 0 Å². The third-order valence-corrected chi connectivity index (χ3v) is 3.29. The average molecular weight is 266 g/mol. The van der Waals surface area contributed by atoms with Gasteiger partial charge in [0.05, 0.1) is 0 Å². The van der Waals surface area contributed by atoms with Gasteiger partial charge in [0, 0.05) is 25.2 Å². The molecule has 0 N–H and O–H groups in total. The summed E-state index contributed by atoms with van der Waals surface area (Å²) in [7, 11) is 4.15. The molecule has 1 rings (SSSR count). The fourth-order valence-electron chi connectivity index (χ4n) is 2.06. The Labute approximate surface area is 117 Å². The van der Waals surface area contributed by atoms with E-state index in [4.69, 9.17) is 0 Å². The minimum atomic E-state index is -0.0900. The number of nitrogens with zero attached hydrogens (tertiary/aromatic N) is 2. The lowest BCUT2D eigenvalue weighted by Crippen LogP contribution is -2.32. The van der Waals surface area contributed by atoms with Gasteiger partial charge in [0.1, 0.15) is 5.82 Å². The zero-order valence-electron chi connectivity index (χ0n) is 12.5. The Kier molecular flexibility index (Phi) is 7.68. The number of benzene rings is 1. The highest BCUT2D eigenvalue weighted by Crippen LogP contribution is 2.11. The second kappa shape index (κ2) is 9.05. The molecule has 0 aliphatic rings. The van der Waals surface area contributed by atoms with E-state index < -0.39 is 0 Å². The average Bonchev–Trinajstić information content (AvgIpc) is 2.38. The van der Waals surface area contributed by atoms with Crippen LogP contribution in [0.25, 0.3) is 0 Å². The van der Waals surface area contributed by atoms with E-state index >= 15 is 0 Å². The molecular formula is C16H27FN2. The maximum Gasteiger partial charge on any atom is 0.127 e. The van der Waals surface area contributed by atoms with Crippen molar-refractivity contribution in [1.82, 2.24) is 9.80 Å². The molecule has 3 heteroatoms. The van der Waals surface area contributed by atoms with Gasteiger partial charge in [0.15, 0.2) is 0 Å². The molecule has 0 atom stereocenters. The third kappa shape index (κ3) is 6.69. The Morgan fingerprint density at radius 2 is 1.74 bits per heavy atom. The van der Waals surface area contributed by atoms with Crippen molar-refractivity contribution in [3.8, 4) is 0 Å². The molecule has 0 amide bonds. The van der Waals surface area contributed by atoms with Crippen molar-refractivity contribution in [2.45, 2.75) is 32.7 Å². The van der Waals surface area contributed by atoms with E-state index in [0.717, 1.165) is 25.2 Å². The van der Waals surface area contributed by atoms with Crippen LogP contribution in [0.5, 0.6) is 0 Å². The molecule has 0 spiro atoms. The van der Waals surface area contributed by atoms with Gasteiger partial charge in [-0.1, -0.05) is 38.0 Å². The summed E-state index contributed by atoms with van der Waals surface area (Å²) in [5.41, 5.74) is 0.803. The molecule has 0 heterocycles. The van der Waals surface area contributed by atoms with Gasteiger partial charge in [-0.15, -0.1) is 0 Å². The molecule has 108 valence electrons. The van der Waals surface area contributed by atoms with E-state index in [1.165, 1.54) is 19.3 Å². The van der Waals surface area contributed by atoms with E-state index in [0.29, 0.717) is 6.54 Å². The second-order valence-electron chi connectivity index (χ2n) is 5.38. The molecule has 0 bridgehead atoms. The standard InChI is InChI=1S/C16H27FN2/c1-4-5-8-11-19(13-12-18(2)3)14-15-9-6-7-10-16(15)17/h6-7,9-10H,4-5,8,11-14H2,1-3H3. The summed E-state index contributed by atoms with van der Waals surface area (Å²) in [6, 6.07) is 7.10. The summed E-state index contributed by atoms with van der Waals surface area (Å²) in [5.74, 6) is -0.0900. The van der Waals surface area contributed by atoms with Crippen molar-refractivity contribution in [3.05, 3.63) is 35.6 Å². The molecule has 0 saturated heterocycles. The number of rotatable bonds is 9. The molecule has 0 radical (unpaired) electrons. The monoisotopic (exact) mass is 266 g/mol. The Bertz CT molecular complexity index is 352. The fraction of sp³-hybridized carbons (Fsp3) is 0.625. The fourth-order valence-corrected chi connectivity index (χ4v) is 2.06. The molecule has 1 aromatic rings. The Balaban J connectivity index is 2.54. The highest BCUT2D eigenvalue weighted by atomic mass is 19.1. The summed E-state index contributed by atoms with van der Waals surface area (Å²) in [4.78, 5) is 4.53. The van der Waals surface area contributed by atoms with Gasteiger partial charge in [0.2, 0.25) is 0 Å². The van der Waals surface area contributed by atoms with Crippen LogP contribution in [0, 0.1) is 5.82 Å². The first-order valence-corrected chi connectivity index (χ1v) is 7.24. The largest absolute Gasteiger partial charge is 0.308 e. The normalized spacial score (nSPS) is 11.5. The molecule has 0 aliphatic carbocycles. The minimum absolute atomic E-state index is 0.0900. The Hall–Kier alpha value is -0.930. The van der Waals surface area contributed by atoms with Crippen molar-refractivity contribution >= 4 is 0 Å². The number of unbranched alkanes of at least 4 members (excludes halogenated alkanes) is 2. The van der Waals surface area contributed by atoms with Gasteiger partial charge in [-0.2, -0.15) is 0 Å². The number of halogens is 1. The van der Waals surface area contributed by atoms with Crippen LogP contribution in [0.3, 0.4) is 0 Å². The predicted molar refractivity (Wildman–Crippen MR) is 79.8 cm³/mol. The maximum atomic E-state index is 13.7. The van der Waals surface area contributed by atoms with Gasteiger partial charge in [-0.25, -0.2) is 4.39 Å². The lowest BCUT2D eigenvalue weighted by molar-refractivity contribution is 0.227. The van der Waals surface area contributed by atoms with Crippen molar-refractivity contribution < 1.29 is 4.39 Å². The zero-order valence-corrected chi connectivity index (χ0v) is 12.5. The lowest BCUT2D eigenvalue weighted by Gasteiger charge is -2.24. The molecule has 19 heavy (non-hydrogen) atoms. The van der Waals surface area contributed by atoms with E-state index in [9.17, 15) is 4.39 Å². The van der Waals surface area contributed by atoms with Gasteiger partial charge in [0.25, 0.3) is 0 Å². The highest BCUT2D eigenvalue weighted by molar-refractivity contribution is 5.17. The van der Waals surface area contributed by atoms with Crippen molar-refractivity contribution in [1.29, 1.82) is 0 Å². The summed E-state index contributed by atoms with van der Waals surface area (Å²) in [6.07, 6.45) is 3.66. The van der Waals surface area contributed by atoms with Crippen LogP contribution < -0.4 is 0 Å². The molecule has 2 nitrogen and oxygen atoms in total. The number of hydrogen-bond donors (Lipinski definition) is 0. The van der Waals surface area contributed by atoms with Gasteiger partial charge < -0.3 is 4.90 Å². The zero-order chi connectivity index (χ0) is 14.1. The van der Waals surface area contributed by atoms with Gasteiger partial charge in [-0.05, 0) is 33.1 Å². The van der Waals surface area contributed by atoms with Gasteiger partial charge in [-0.3, -0.25) is 4.90 Å². The maximum absolute atomic E-state index is 13.7. The number of hydrogen-bond acceptors (Lipinski definition) is 2. The first-order valence-electron chi connectivity index (χ1n) is 7.24. The number of likely N-dealkylation sites (N-methyl/N-ethyl adjacent to an activating group) is 1. The molecule has 0 aliphatic heterocycles. The highest BCUT2D eigenvalue weighted by Gasteiger charge is 2.09. The van der Waals surface area contributed by atoms with Crippen molar-refractivity contribution in [2.75, 3.05) is 33.7 Å². The molecule has 0 saturated carbocycles. The second-order valence-corrected chi connectivity index (χ2v) is 5.38. The molecule has 0 aromatic heterocycles. The summed E-state index contributed by atoms with van der Waals surface area (Å²) >= 11 is 0. The SMILES string of the molecule is CCCCCN(CCN(C)C)Cc1ccccc1F. The molecule has 0 fully saturated rings. The van der Waals surface area contributed by atoms with Crippen molar-refractivity contribution in [3.63, 3.8) is 0 Å². The first-order chi connectivity index (χ1) is 9.13. The summed E-state index contributed by atoms with van der Waals surface area (Å²) in [6.45, 7) is 5.98.